The van der Waals surface area contributed by atoms with E-state index in [1.807, 2.05) is 36.4 Å². The van der Waals surface area contributed by atoms with Gasteiger partial charge in [0.1, 0.15) is 5.03 Å². The summed E-state index contributed by atoms with van der Waals surface area (Å²) in [5.74, 6) is -0.452. The molecule has 23 heavy (non-hydrogen) atoms. The van der Waals surface area contributed by atoms with Crippen LogP contribution in [-0.2, 0) is 0 Å². The van der Waals surface area contributed by atoms with E-state index in [0.717, 1.165) is 19.9 Å². The third-order valence-corrected chi connectivity index (χ3v) is 5.34. The van der Waals surface area contributed by atoms with Crippen LogP contribution >= 0.6 is 23.1 Å². The predicted molar refractivity (Wildman–Crippen MR) is 88.2 cm³/mol. The number of hydrogen-bond donors (Lipinski definition) is 0. The molecule has 2 aromatic heterocycles. The molecule has 2 aromatic carbocycles. The molecule has 0 aliphatic heterocycles. The zero-order chi connectivity index (χ0) is 15.8. The lowest BCUT2D eigenvalue weighted by atomic mass is 10.2. The molecule has 0 bridgehead atoms. The fourth-order valence-corrected chi connectivity index (χ4v) is 4.32. The maximum Gasteiger partial charge on any atom is 0.297 e. The van der Waals surface area contributed by atoms with E-state index in [2.05, 4.69) is 15.0 Å². The maximum atomic E-state index is 13.0. The van der Waals surface area contributed by atoms with Gasteiger partial charge in [0, 0.05) is 5.39 Å². The number of rotatable bonds is 3. The number of thiazole rings is 1. The second-order valence-corrected chi connectivity index (χ2v) is 7.02. The third-order valence-electron chi connectivity index (χ3n) is 3.24. The van der Waals surface area contributed by atoms with Gasteiger partial charge < -0.3 is 0 Å². The molecule has 0 aliphatic rings. The van der Waals surface area contributed by atoms with Gasteiger partial charge in [-0.1, -0.05) is 30.3 Å². The average molecular weight is 345 g/mol. The van der Waals surface area contributed by atoms with Crippen molar-refractivity contribution in [2.24, 2.45) is 0 Å². The van der Waals surface area contributed by atoms with E-state index >= 15 is 0 Å². The summed E-state index contributed by atoms with van der Waals surface area (Å²) in [7, 11) is 0. The van der Waals surface area contributed by atoms with Crippen LogP contribution in [0.2, 0.25) is 0 Å². The first-order chi connectivity index (χ1) is 11.2. The summed E-state index contributed by atoms with van der Waals surface area (Å²) >= 11 is 2.82. The molecule has 3 nitrogen and oxygen atoms in total. The Kier molecular flexibility index (Phi) is 3.66. The molecular weight excluding hydrogens is 336 g/mol. The zero-order valence-corrected chi connectivity index (χ0v) is 13.2. The summed E-state index contributed by atoms with van der Waals surface area (Å²) < 4.78 is 27.9. The molecular formula is C16H9F2N3S2. The Morgan fingerprint density at radius 3 is 2.39 bits per heavy atom. The molecule has 0 radical (unpaired) electrons. The number of fused-ring (bicyclic) bond motifs is 2. The van der Waals surface area contributed by atoms with Crippen molar-refractivity contribution in [1.82, 2.24) is 15.0 Å². The number of halogens is 2. The van der Waals surface area contributed by atoms with Gasteiger partial charge >= 0.3 is 0 Å². The Bertz CT molecular complexity index is 968. The van der Waals surface area contributed by atoms with Crippen molar-refractivity contribution >= 4 is 44.2 Å². The Labute approximate surface area is 138 Å². The van der Waals surface area contributed by atoms with E-state index in [9.17, 15) is 8.78 Å². The van der Waals surface area contributed by atoms with Crippen LogP contribution in [0.1, 0.15) is 12.2 Å². The van der Waals surface area contributed by atoms with Gasteiger partial charge in [-0.05, 0) is 30.0 Å². The summed E-state index contributed by atoms with van der Waals surface area (Å²) in [6.45, 7) is 0. The Morgan fingerprint density at radius 2 is 1.61 bits per heavy atom. The monoisotopic (exact) mass is 345 g/mol. The van der Waals surface area contributed by atoms with E-state index in [4.69, 9.17) is 0 Å². The molecule has 0 atom stereocenters. The Morgan fingerprint density at radius 1 is 0.870 bits per heavy atom. The highest BCUT2D eigenvalue weighted by molar-refractivity contribution is 8.01. The summed E-state index contributed by atoms with van der Waals surface area (Å²) in [5, 5.41) is 1.26. The van der Waals surface area contributed by atoms with Crippen molar-refractivity contribution in [2.75, 3.05) is 0 Å². The molecule has 4 rings (SSSR count). The number of alkyl halides is 2. The molecule has 0 saturated heterocycles. The second-order valence-electron chi connectivity index (χ2n) is 4.75. The predicted octanol–water partition coefficient (Wildman–Crippen LogP) is 5.33. The minimum Gasteiger partial charge on any atom is -0.229 e. The fraction of sp³-hybridized carbons (Fsp3) is 0.0625. The largest absolute Gasteiger partial charge is 0.297 e. The average Bonchev–Trinajstić information content (AvgIpc) is 2.97. The zero-order valence-electron chi connectivity index (χ0n) is 11.6. The normalized spacial score (nSPS) is 11.6. The van der Waals surface area contributed by atoms with E-state index in [0.29, 0.717) is 10.5 Å². The van der Waals surface area contributed by atoms with Crippen LogP contribution in [-0.4, -0.2) is 15.0 Å². The lowest BCUT2D eigenvalue weighted by molar-refractivity contribution is 0.140. The van der Waals surface area contributed by atoms with E-state index < -0.39 is 12.2 Å². The molecule has 0 N–H and O–H groups in total. The van der Waals surface area contributed by atoms with Crippen LogP contribution < -0.4 is 0 Å². The standard InChI is InChI=1S/C16H9F2N3S2/c17-13(18)14-19-10-6-2-1-5-9(10)15(21-14)23-16-20-11-7-3-4-8-12(11)22-16/h1-8,13H. The summed E-state index contributed by atoms with van der Waals surface area (Å²) in [6, 6.07) is 15.0. The van der Waals surface area contributed by atoms with Crippen molar-refractivity contribution < 1.29 is 8.78 Å². The molecule has 114 valence electrons. The second kappa shape index (κ2) is 5.82. The van der Waals surface area contributed by atoms with Gasteiger partial charge in [-0.3, -0.25) is 0 Å². The molecule has 0 spiro atoms. The number of aromatic nitrogens is 3. The van der Waals surface area contributed by atoms with Gasteiger partial charge in [0.2, 0.25) is 0 Å². The maximum absolute atomic E-state index is 13.0. The van der Waals surface area contributed by atoms with Gasteiger partial charge in [0.25, 0.3) is 6.43 Å². The number of benzene rings is 2. The van der Waals surface area contributed by atoms with Crippen LogP contribution in [0.25, 0.3) is 21.1 Å². The SMILES string of the molecule is FC(F)c1nc(Sc2nc3ccccc3s2)c2ccccc2n1. The smallest absolute Gasteiger partial charge is 0.229 e. The van der Waals surface area contributed by atoms with E-state index in [-0.39, 0.29) is 0 Å². The van der Waals surface area contributed by atoms with Crippen LogP contribution in [0.5, 0.6) is 0 Å². The van der Waals surface area contributed by atoms with E-state index in [1.54, 1.807) is 12.1 Å². The van der Waals surface area contributed by atoms with Gasteiger partial charge in [0.15, 0.2) is 10.2 Å². The third kappa shape index (κ3) is 2.77. The summed E-state index contributed by atoms with van der Waals surface area (Å²) in [5.41, 5.74) is 1.41. The van der Waals surface area contributed by atoms with Gasteiger partial charge in [-0.2, -0.15) is 0 Å². The first kappa shape index (κ1) is 14.5. The highest BCUT2D eigenvalue weighted by Gasteiger charge is 2.17. The van der Waals surface area contributed by atoms with Crippen LogP contribution in [0.3, 0.4) is 0 Å². The van der Waals surface area contributed by atoms with Crippen molar-refractivity contribution in [3.05, 3.63) is 54.4 Å². The lowest BCUT2D eigenvalue weighted by Crippen LogP contribution is -1.98. The van der Waals surface area contributed by atoms with E-state index in [1.165, 1.54) is 23.1 Å². The molecule has 2 heterocycles. The quantitative estimate of drug-likeness (QED) is 0.471. The molecule has 0 aliphatic carbocycles. The molecule has 0 saturated carbocycles. The van der Waals surface area contributed by atoms with Crippen molar-refractivity contribution in [2.45, 2.75) is 15.8 Å². The van der Waals surface area contributed by atoms with Crippen LogP contribution in [0, 0.1) is 0 Å². The minimum absolute atomic E-state index is 0.452. The number of nitrogens with zero attached hydrogens (tertiary/aromatic N) is 3. The molecule has 4 aromatic rings. The minimum atomic E-state index is -2.70. The molecule has 0 amide bonds. The van der Waals surface area contributed by atoms with Crippen LogP contribution in [0.4, 0.5) is 8.78 Å². The summed E-state index contributed by atoms with van der Waals surface area (Å²) in [6.07, 6.45) is -2.70. The van der Waals surface area contributed by atoms with Crippen molar-refractivity contribution in [1.29, 1.82) is 0 Å². The number of para-hydroxylation sites is 2. The first-order valence-corrected chi connectivity index (χ1v) is 8.42. The Balaban J connectivity index is 1.83. The topological polar surface area (TPSA) is 38.7 Å². The fourth-order valence-electron chi connectivity index (χ4n) is 2.22. The Hall–Kier alpha value is -2.12. The van der Waals surface area contributed by atoms with Gasteiger partial charge in [-0.15, -0.1) is 11.3 Å². The molecule has 0 unspecified atom stereocenters. The van der Waals surface area contributed by atoms with Gasteiger partial charge in [-0.25, -0.2) is 23.7 Å². The highest BCUT2D eigenvalue weighted by Crippen LogP contribution is 2.37. The first-order valence-electron chi connectivity index (χ1n) is 6.79. The van der Waals surface area contributed by atoms with Crippen molar-refractivity contribution in [3.63, 3.8) is 0 Å². The summed E-state index contributed by atoms with van der Waals surface area (Å²) in [4.78, 5) is 12.5. The van der Waals surface area contributed by atoms with Crippen LogP contribution in [0.15, 0.2) is 57.9 Å². The molecule has 7 heteroatoms. The van der Waals surface area contributed by atoms with Crippen molar-refractivity contribution in [3.8, 4) is 0 Å². The lowest BCUT2D eigenvalue weighted by Gasteiger charge is -2.06. The highest BCUT2D eigenvalue weighted by atomic mass is 32.2. The molecule has 0 fully saturated rings. The number of hydrogen-bond acceptors (Lipinski definition) is 5. The van der Waals surface area contributed by atoms with Gasteiger partial charge in [0.05, 0.1) is 15.7 Å².